The lowest BCUT2D eigenvalue weighted by Crippen LogP contribution is -2.55. The van der Waals surface area contributed by atoms with Crippen LogP contribution in [0.4, 0.5) is 0 Å². The largest absolute Gasteiger partial charge is 0.313 e. The van der Waals surface area contributed by atoms with Crippen LogP contribution in [0.1, 0.15) is 65.7 Å². The third-order valence-electron chi connectivity index (χ3n) is 2.99. The van der Waals surface area contributed by atoms with Gasteiger partial charge in [-0.3, -0.25) is 0 Å². The molecule has 2 nitrogen and oxygen atoms in total. The maximum absolute atomic E-state index is 6.18. The van der Waals surface area contributed by atoms with E-state index in [2.05, 4.69) is 20.8 Å². The fraction of sp³-hybridized carbons (Fsp3) is 1.00. The maximum Gasteiger partial charge on any atom is 0.0665 e. The van der Waals surface area contributed by atoms with Crippen molar-refractivity contribution in [1.29, 1.82) is 0 Å². The molecule has 0 aliphatic carbocycles. The summed E-state index contributed by atoms with van der Waals surface area (Å²) in [4.78, 5) is 0. The summed E-state index contributed by atoms with van der Waals surface area (Å²) in [5, 5.41) is 0. The Morgan fingerprint density at radius 1 is 0.929 bits per heavy atom. The topological polar surface area (TPSA) is 52.0 Å². The Labute approximate surface area is 89.4 Å². The summed E-state index contributed by atoms with van der Waals surface area (Å²) < 4.78 is 0. The van der Waals surface area contributed by atoms with Crippen LogP contribution in [0.25, 0.3) is 0 Å². The Morgan fingerprint density at radius 2 is 1.57 bits per heavy atom. The lowest BCUT2D eigenvalue weighted by Gasteiger charge is -2.34. The fourth-order valence-electron chi connectivity index (χ4n) is 2.12. The molecular weight excluding hydrogens is 172 g/mol. The number of hydrogen-bond acceptors (Lipinski definition) is 2. The molecule has 2 heteroatoms. The molecule has 0 spiro atoms. The zero-order valence-corrected chi connectivity index (χ0v) is 10.2. The van der Waals surface area contributed by atoms with E-state index < -0.39 is 5.66 Å². The first-order chi connectivity index (χ1) is 6.58. The summed E-state index contributed by atoms with van der Waals surface area (Å²) in [6, 6.07) is 0. The number of unbranched alkanes of at least 4 members (excludes halogenated alkanes) is 1. The number of nitrogens with two attached hydrogens (primary N) is 2. The summed E-state index contributed by atoms with van der Waals surface area (Å²) in [6.45, 7) is 6.58. The second-order valence-corrected chi connectivity index (χ2v) is 4.49. The van der Waals surface area contributed by atoms with Gasteiger partial charge < -0.3 is 11.5 Å². The normalized spacial score (nSPS) is 14.4. The number of hydrogen-bond donors (Lipinski definition) is 2. The first-order valence-electron chi connectivity index (χ1n) is 6.16. The highest BCUT2D eigenvalue weighted by molar-refractivity contribution is 4.84. The molecule has 0 aromatic carbocycles. The van der Waals surface area contributed by atoms with Gasteiger partial charge in [0.1, 0.15) is 0 Å². The Bertz CT molecular complexity index is 132. The Morgan fingerprint density at radius 3 is 2.00 bits per heavy atom. The highest BCUT2D eigenvalue weighted by Gasteiger charge is 2.28. The third kappa shape index (κ3) is 4.97. The van der Waals surface area contributed by atoms with Gasteiger partial charge in [-0.2, -0.15) is 0 Å². The predicted molar refractivity (Wildman–Crippen MR) is 63.9 cm³/mol. The second-order valence-electron chi connectivity index (χ2n) is 4.49. The summed E-state index contributed by atoms with van der Waals surface area (Å²) in [6.07, 6.45) is 8.08. The van der Waals surface area contributed by atoms with Crippen LogP contribution < -0.4 is 11.5 Å². The molecular formula is C12H28N2. The van der Waals surface area contributed by atoms with E-state index in [0.29, 0.717) is 5.92 Å². The van der Waals surface area contributed by atoms with Crippen molar-refractivity contribution in [2.24, 2.45) is 17.4 Å². The van der Waals surface area contributed by atoms with Gasteiger partial charge in [0.15, 0.2) is 0 Å². The Kier molecular flexibility index (Phi) is 7.20. The van der Waals surface area contributed by atoms with E-state index in [1.165, 1.54) is 32.1 Å². The van der Waals surface area contributed by atoms with E-state index in [1.807, 2.05) is 0 Å². The van der Waals surface area contributed by atoms with Crippen molar-refractivity contribution >= 4 is 0 Å². The van der Waals surface area contributed by atoms with Crippen molar-refractivity contribution in [3.05, 3.63) is 0 Å². The average Bonchev–Trinajstić information content (AvgIpc) is 2.11. The van der Waals surface area contributed by atoms with Gasteiger partial charge in [0.2, 0.25) is 0 Å². The standard InChI is InChI=1S/C12H28N2/c1-4-7-9-11(8-5-2)12(13,14)10-6-3/h11H,4-10,13-14H2,1-3H3. The average molecular weight is 200 g/mol. The van der Waals surface area contributed by atoms with Gasteiger partial charge in [0, 0.05) is 0 Å². The van der Waals surface area contributed by atoms with Gasteiger partial charge in [-0.1, -0.05) is 46.5 Å². The first kappa shape index (κ1) is 13.9. The SMILES string of the molecule is CCCCC(CCC)C(N)(N)CCC. The Hall–Kier alpha value is -0.0800. The molecule has 0 heterocycles. The van der Waals surface area contributed by atoms with Crippen molar-refractivity contribution in [1.82, 2.24) is 0 Å². The molecule has 0 aromatic rings. The molecule has 0 rings (SSSR count). The first-order valence-corrected chi connectivity index (χ1v) is 6.16. The maximum atomic E-state index is 6.18. The van der Waals surface area contributed by atoms with Crippen LogP contribution in [0.2, 0.25) is 0 Å². The van der Waals surface area contributed by atoms with E-state index in [4.69, 9.17) is 11.5 Å². The second kappa shape index (κ2) is 7.24. The minimum absolute atomic E-state index is 0.431. The smallest absolute Gasteiger partial charge is 0.0665 e. The summed E-state index contributed by atoms with van der Waals surface area (Å²) >= 11 is 0. The molecule has 1 unspecified atom stereocenters. The highest BCUT2D eigenvalue weighted by Crippen LogP contribution is 2.25. The monoisotopic (exact) mass is 200 g/mol. The van der Waals surface area contributed by atoms with Gasteiger partial charge in [0.05, 0.1) is 5.66 Å². The lowest BCUT2D eigenvalue weighted by molar-refractivity contribution is 0.224. The van der Waals surface area contributed by atoms with Crippen molar-refractivity contribution in [2.45, 2.75) is 71.4 Å². The highest BCUT2D eigenvalue weighted by atomic mass is 15.0. The molecule has 0 saturated carbocycles. The molecule has 14 heavy (non-hydrogen) atoms. The van der Waals surface area contributed by atoms with E-state index in [0.717, 1.165) is 12.8 Å². The van der Waals surface area contributed by atoms with Gasteiger partial charge in [-0.25, -0.2) is 0 Å². The van der Waals surface area contributed by atoms with Gasteiger partial charge in [0.25, 0.3) is 0 Å². The van der Waals surface area contributed by atoms with Crippen LogP contribution in [0.5, 0.6) is 0 Å². The van der Waals surface area contributed by atoms with Gasteiger partial charge in [-0.05, 0) is 25.2 Å². The molecule has 0 radical (unpaired) electrons. The predicted octanol–water partition coefficient (Wildman–Crippen LogP) is 3.01. The molecule has 0 aromatic heterocycles. The molecule has 0 bridgehead atoms. The van der Waals surface area contributed by atoms with Crippen LogP contribution in [0, 0.1) is 5.92 Å². The Balaban J connectivity index is 4.14. The molecule has 4 N–H and O–H groups in total. The minimum atomic E-state index is -0.431. The summed E-state index contributed by atoms with van der Waals surface area (Å²) in [5.74, 6) is 0.507. The molecule has 0 aliphatic heterocycles. The van der Waals surface area contributed by atoms with Crippen molar-refractivity contribution in [3.8, 4) is 0 Å². The van der Waals surface area contributed by atoms with Crippen molar-refractivity contribution in [3.63, 3.8) is 0 Å². The molecule has 0 amide bonds. The fourth-order valence-corrected chi connectivity index (χ4v) is 2.12. The summed E-state index contributed by atoms with van der Waals surface area (Å²) in [7, 11) is 0. The summed E-state index contributed by atoms with van der Waals surface area (Å²) in [5.41, 5.74) is 11.9. The van der Waals surface area contributed by atoms with Crippen LogP contribution in [-0.2, 0) is 0 Å². The van der Waals surface area contributed by atoms with Crippen LogP contribution in [0.15, 0.2) is 0 Å². The molecule has 1 atom stereocenters. The van der Waals surface area contributed by atoms with Crippen LogP contribution in [0.3, 0.4) is 0 Å². The molecule has 0 saturated heterocycles. The molecule has 86 valence electrons. The van der Waals surface area contributed by atoms with Gasteiger partial charge in [-0.15, -0.1) is 0 Å². The minimum Gasteiger partial charge on any atom is -0.313 e. The zero-order chi connectivity index (χ0) is 11.0. The van der Waals surface area contributed by atoms with Crippen LogP contribution in [-0.4, -0.2) is 5.66 Å². The number of rotatable bonds is 8. The van der Waals surface area contributed by atoms with Gasteiger partial charge >= 0.3 is 0 Å². The van der Waals surface area contributed by atoms with Crippen LogP contribution >= 0.6 is 0 Å². The van der Waals surface area contributed by atoms with E-state index in [1.54, 1.807) is 0 Å². The van der Waals surface area contributed by atoms with Crippen molar-refractivity contribution in [2.75, 3.05) is 0 Å². The van der Waals surface area contributed by atoms with E-state index >= 15 is 0 Å². The van der Waals surface area contributed by atoms with E-state index in [-0.39, 0.29) is 0 Å². The lowest BCUT2D eigenvalue weighted by atomic mass is 9.83. The molecule has 0 aliphatic rings. The quantitative estimate of drug-likeness (QED) is 0.592. The van der Waals surface area contributed by atoms with E-state index in [9.17, 15) is 0 Å². The molecule has 0 fully saturated rings. The third-order valence-corrected chi connectivity index (χ3v) is 2.99. The van der Waals surface area contributed by atoms with Crippen molar-refractivity contribution < 1.29 is 0 Å². The zero-order valence-electron chi connectivity index (χ0n) is 10.2.